The first-order valence-corrected chi connectivity index (χ1v) is 10.9. The van der Waals surface area contributed by atoms with Gasteiger partial charge in [-0.15, -0.1) is 0 Å². The molecule has 1 saturated heterocycles. The number of amides is 1. The van der Waals surface area contributed by atoms with E-state index < -0.39 is 0 Å². The van der Waals surface area contributed by atoms with Crippen molar-refractivity contribution in [1.29, 1.82) is 0 Å². The van der Waals surface area contributed by atoms with Crippen molar-refractivity contribution in [3.05, 3.63) is 17.7 Å². The van der Waals surface area contributed by atoms with E-state index in [1.54, 1.807) is 21.3 Å². The summed E-state index contributed by atoms with van der Waals surface area (Å²) in [5.74, 6) is 2.35. The first-order valence-electron chi connectivity index (χ1n) is 10.9. The lowest BCUT2D eigenvalue weighted by Crippen LogP contribution is -3.11. The number of rotatable bonds is 10. The van der Waals surface area contributed by atoms with Crippen LogP contribution in [0.4, 0.5) is 0 Å². The molecule has 0 atom stereocenters. The van der Waals surface area contributed by atoms with Crippen LogP contribution in [0.15, 0.2) is 12.1 Å². The van der Waals surface area contributed by atoms with E-state index in [9.17, 15) is 4.79 Å². The Morgan fingerprint density at radius 3 is 2.27 bits per heavy atom. The predicted octanol–water partition coefficient (Wildman–Crippen LogP) is -0.206. The van der Waals surface area contributed by atoms with Gasteiger partial charge in [0.05, 0.1) is 60.6 Å². The van der Waals surface area contributed by atoms with Gasteiger partial charge in [-0.3, -0.25) is 4.79 Å². The summed E-state index contributed by atoms with van der Waals surface area (Å²) < 4.78 is 16.5. The first-order chi connectivity index (χ1) is 14.2. The highest BCUT2D eigenvalue weighted by atomic mass is 16.5. The van der Waals surface area contributed by atoms with Gasteiger partial charge in [-0.25, -0.2) is 0 Å². The zero-order valence-electron chi connectivity index (χ0n) is 19.8. The number of likely N-dealkylation sites (tertiary alicyclic amines) is 1. The van der Waals surface area contributed by atoms with Gasteiger partial charge in [-0.05, 0) is 12.1 Å². The van der Waals surface area contributed by atoms with E-state index in [0.29, 0.717) is 11.5 Å². The molecular weight excluding hydrogens is 382 g/mol. The van der Waals surface area contributed by atoms with Gasteiger partial charge in [0.2, 0.25) is 11.7 Å². The third-order valence-corrected chi connectivity index (χ3v) is 5.86. The highest BCUT2D eigenvalue weighted by molar-refractivity contribution is 5.78. The molecule has 0 unspecified atom stereocenters. The average molecular weight is 424 g/mol. The van der Waals surface area contributed by atoms with Crippen molar-refractivity contribution >= 4 is 5.91 Å². The van der Waals surface area contributed by atoms with Crippen LogP contribution < -0.4 is 29.3 Å². The van der Waals surface area contributed by atoms with Crippen LogP contribution in [0.25, 0.3) is 0 Å². The van der Waals surface area contributed by atoms with Gasteiger partial charge in [-0.2, -0.15) is 0 Å². The minimum Gasteiger partial charge on any atom is -0.493 e. The number of methoxy groups -OCH3 is 3. The highest BCUT2D eigenvalue weighted by Gasteiger charge is 2.30. The Balaban J connectivity index is 1.90. The normalized spacial score (nSPS) is 19.5. The number of carbonyl (C=O) groups is 1. The number of hydrogen-bond acceptors (Lipinski definition) is 4. The second kappa shape index (κ2) is 10.9. The van der Waals surface area contributed by atoms with E-state index >= 15 is 0 Å². The molecule has 0 spiro atoms. The largest absolute Gasteiger partial charge is 0.493 e. The molecule has 7 heteroatoms. The van der Waals surface area contributed by atoms with Crippen molar-refractivity contribution < 1.29 is 28.8 Å². The van der Waals surface area contributed by atoms with Gasteiger partial charge >= 0.3 is 0 Å². The topological polar surface area (TPSA) is 65.7 Å². The van der Waals surface area contributed by atoms with Crippen LogP contribution in [-0.2, 0) is 11.3 Å². The van der Waals surface area contributed by atoms with Crippen molar-refractivity contribution in [2.45, 2.75) is 33.2 Å². The molecule has 0 radical (unpaired) electrons. The predicted molar refractivity (Wildman–Crippen MR) is 118 cm³/mol. The van der Waals surface area contributed by atoms with Gasteiger partial charge in [0, 0.05) is 30.7 Å². The highest BCUT2D eigenvalue weighted by Crippen LogP contribution is 2.39. The monoisotopic (exact) mass is 423 g/mol. The lowest BCUT2D eigenvalue weighted by Gasteiger charge is -2.31. The third kappa shape index (κ3) is 6.51. The maximum absolute atomic E-state index is 12.7. The van der Waals surface area contributed by atoms with E-state index in [1.165, 1.54) is 9.80 Å². The van der Waals surface area contributed by atoms with Gasteiger partial charge in [0.25, 0.3) is 0 Å². The fourth-order valence-corrected chi connectivity index (χ4v) is 4.53. The van der Waals surface area contributed by atoms with Crippen LogP contribution in [-0.4, -0.2) is 67.5 Å². The molecule has 0 aliphatic carbocycles. The Kier molecular flexibility index (Phi) is 8.79. The molecule has 2 rings (SSSR count). The Bertz CT molecular complexity index is 698. The summed E-state index contributed by atoms with van der Waals surface area (Å²) >= 11 is 0. The quantitative estimate of drug-likeness (QED) is 0.488. The molecule has 1 heterocycles. The van der Waals surface area contributed by atoms with E-state index in [-0.39, 0.29) is 17.2 Å². The number of benzene rings is 1. The standard InChI is InChI=1S/C23H39N3O4/c1-23(2,16-25(3)4)15-24-22(27)17-10-12-26(13-11-17)14-18-8-9-19(28-5)21(30-7)20(18)29-6/h8-9,17H,10-16H2,1-7H3,(H,24,27)/p+2. The first kappa shape index (κ1) is 24.3. The fourth-order valence-electron chi connectivity index (χ4n) is 4.53. The number of hydrogen-bond donors (Lipinski definition) is 3. The molecule has 1 fully saturated rings. The van der Waals surface area contributed by atoms with E-state index in [4.69, 9.17) is 14.2 Å². The lowest BCUT2D eigenvalue weighted by molar-refractivity contribution is -0.919. The zero-order valence-corrected chi connectivity index (χ0v) is 19.8. The Labute approximate surface area is 181 Å². The van der Waals surface area contributed by atoms with E-state index in [1.807, 2.05) is 12.1 Å². The molecule has 1 amide bonds. The van der Waals surface area contributed by atoms with Crippen LogP contribution in [0.2, 0.25) is 0 Å². The summed E-state index contributed by atoms with van der Waals surface area (Å²) in [7, 11) is 9.21. The van der Waals surface area contributed by atoms with Crippen LogP contribution >= 0.6 is 0 Å². The Hall–Kier alpha value is -1.99. The summed E-state index contributed by atoms with van der Waals surface area (Å²) in [5, 5.41) is 3.20. The molecule has 1 aromatic rings. The summed E-state index contributed by atoms with van der Waals surface area (Å²) in [5.41, 5.74) is 1.20. The molecule has 1 aromatic carbocycles. The maximum atomic E-state index is 12.7. The Morgan fingerprint density at radius 2 is 1.73 bits per heavy atom. The molecule has 0 bridgehead atoms. The van der Waals surface area contributed by atoms with E-state index in [0.717, 1.165) is 56.9 Å². The van der Waals surface area contributed by atoms with Crippen LogP contribution in [0.5, 0.6) is 17.2 Å². The average Bonchev–Trinajstić information content (AvgIpc) is 2.71. The summed E-state index contributed by atoms with van der Waals surface area (Å²) in [4.78, 5) is 15.5. The van der Waals surface area contributed by atoms with Crippen molar-refractivity contribution in [2.24, 2.45) is 11.3 Å². The number of piperidine rings is 1. The summed E-state index contributed by atoms with van der Waals surface area (Å²) in [6, 6.07) is 3.97. The van der Waals surface area contributed by atoms with Crippen LogP contribution in [0, 0.1) is 11.3 Å². The van der Waals surface area contributed by atoms with Gasteiger partial charge < -0.3 is 29.3 Å². The van der Waals surface area contributed by atoms with Gasteiger partial charge in [0.15, 0.2) is 11.5 Å². The zero-order chi connectivity index (χ0) is 22.3. The third-order valence-electron chi connectivity index (χ3n) is 5.86. The number of quaternary nitrogens is 2. The molecule has 1 aliphatic rings. The molecule has 0 saturated carbocycles. The molecule has 1 aliphatic heterocycles. The van der Waals surface area contributed by atoms with Crippen molar-refractivity contribution in [2.75, 3.05) is 61.6 Å². The lowest BCUT2D eigenvalue weighted by atomic mass is 9.91. The minimum absolute atomic E-state index is 0.102. The summed E-state index contributed by atoms with van der Waals surface area (Å²) in [6.45, 7) is 8.97. The van der Waals surface area contributed by atoms with Crippen molar-refractivity contribution in [3.8, 4) is 17.2 Å². The molecule has 3 N–H and O–H groups in total. The number of nitrogens with one attached hydrogen (secondary N) is 3. The molecule has 0 aromatic heterocycles. The minimum atomic E-state index is 0.102. The maximum Gasteiger partial charge on any atom is 0.223 e. The molecule has 7 nitrogen and oxygen atoms in total. The number of carbonyl (C=O) groups excluding carboxylic acids is 1. The SMILES string of the molecule is COc1ccc(C[NH+]2CCC(C(=O)NCC(C)(C)C[NH+](C)C)CC2)c(OC)c1OC. The number of ether oxygens (including phenoxy) is 3. The van der Waals surface area contributed by atoms with Crippen molar-refractivity contribution in [3.63, 3.8) is 0 Å². The molecular formula is C23H41N3O4+2. The van der Waals surface area contributed by atoms with E-state index in [2.05, 4.69) is 33.3 Å². The van der Waals surface area contributed by atoms with Gasteiger partial charge in [0.1, 0.15) is 6.54 Å². The molecule has 170 valence electrons. The fraction of sp³-hybridized carbons (Fsp3) is 0.696. The van der Waals surface area contributed by atoms with Crippen molar-refractivity contribution in [1.82, 2.24) is 5.32 Å². The van der Waals surface area contributed by atoms with Gasteiger partial charge in [-0.1, -0.05) is 13.8 Å². The second-order valence-electron chi connectivity index (χ2n) is 9.46. The molecule has 30 heavy (non-hydrogen) atoms. The van der Waals surface area contributed by atoms with Crippen LogP contribution in [0.3, 0.4) is 0 Å². The summed E-state index contributed by atoms with van der Waals surface area (Å²) in [6.07, 6.45) is 1.83. The smallest absolute Gasteiger partial charge is 0.223 e. The Morgan fingerprint density at radius 1 is 1.10 bits per heavy atom. The second-order valence-corrected chi connectivity index (χ2v) is 9.46. The van der Waals surface area contributed by atoms with Crippen LogP contribution in [0.1, 0.15) is 32.3 Å².